The number of carbonyl (C=O) groups excluding carboxylic acids is 1. The number of aliphatic imine (C=N–C) groups is 1. The minimum Gasteiger partial charge on any atom is -0.474 e. The van der Waals surface area contributed by atoms with E-state index in [9.17, 15) is 4.79 Å². The molecule has 1 N–H and O–H groups in total. The van der Waals surface area contributed by atoms with Gasteiger partial charge in [0.1, 0.15) is 12.3 Å². The van der Waals surface area contributed by atoms with Crippen molar-refractivity contribution in [3.63, 3.8) is 0 Å². The monoisotopic (exact) mass is 357 g/mol. The largest absolute Gasteiger partial charge is 0.474 e. The summed E-state index contributed by atoms with van der Waals surface area (Å²) < 4.78 is 5.63. The fraction of sp³-hybridized carbons (Fsp3) is 0.227. The summed E-state index contributed by atoms with van der Waals surface area (Å²) in [5.74, 6) is 0.818. The molecule has 0 saturated heterocycles. The Labute approximate surface area is 157 Å². The normalized spacial score (nSPS) is 18.8. The minimum atomic E-state index is 0.159. The number of hydrogen-bond donors (Lipinski definition) is 1. The lowest BCUT2D eigenvalue weighted by molar-refractivity contribution is -0.112. The molecule has 0 atom stereocenters. The molecule has 0 radical (unpaired) electrons. The number of carbonyl (C=O) groups is 1. The average molecular weight is 357 g/mol. The summed E-state index contributed by atoms with van der Waals surface area (Å²) >= 11 is 0. The molecule has 3 aliphatic rings. The summed E-state index contributed by atoms with van der Waals surface area (Å²) in [6.07, 6.45) is 8.82. The van der Waals surface area contributed by atoms with Crippen LogP contribution in [0.15, 0.2) is 47.7 Å². The van der Waals surface area contributed by atoms with Gasteiger partial charge in [0.2, 0.25) is 5.88 Å². The zero-order valence-electron chi connectivity index (χ0n) is 15.1. The van der Waals surface area contributed by atoms with Crippen LogP contribution in [-0.4, -0.2) is 29.6 Å². The molecule has 27 heavy (non-hydrogen) atoms. The van der Waals surface area contributed by atoms with E-state index in [2.05, 4.69) is 40.4 Å². The Kier molecular flexibility index (Phi) is 3.67. The van der Waals surface area contributed by atoms with E-state index in [1.54, 1.807) is 6.20 Å². The fourth-order valence-electron chi connectivity index (χ4n) is 3.87. The summed E-state index contributed by atoms with van der Waals surface area (Å²) in [4.78, 5) is 21.3. The highest BCUT2D eigenvalue weighted by atomic mass is 16.5. The van der Waals surface area contributed by atoms with Crippen molar-refractivity contribution in [1.82, 2.24) is 4.98 Å². The van der Waals surface area contributed by atoms with Crippen LogP contribution in [0, 0.1) is 6.92 Å². The van der Waals surface area contributed by atoms with Crippen molar-refractivity contribution in [2.45, 2.75) is 19.8 Å². The summed E-state index contributed by atoms with van der Waals surface area (Å²) in [6, 6.07) is 6.24. The Balaban J connectivity index is 1.59. The number of hydrogen-bond acceptors (Lipinski definition) is 5. The maximum Gasteiger partial charge on any atom is 0.237 e. The van der Waals surface area contributed by atoms with E-state index in [0.717, 1.165) is 57.8 Å². The minimum absolute atomic E-state index is 0.159. The van der Waals surface area contributed by atoms with E-state index < -0.39 is 0 Å². The van der Waals surface area contributed by atoms with Crippen LogP contribution in [-0.2, 0) is 11.2 Å². The van der Waals surface area contributed by atoms with Crippen LogP contribution in [0.2, 0.25) is 0 Å². The van der Waals surface area contributed by atoms with Gasteiger partial charge in [0.15, 0.2) is 5.78 Å². The molecule has 0 spiro atoms. The van der Waals surface area contributed by atoms with E-state index >= 15 is 0 Å². The number of anilines is 1. The number of rotatable bonds is 2. The summed E-state index contributed by atoms with van der Waals surface area (Å²) in [5, 5.41) is 3.38. The van der Waals surface area contributed by atoms with Gasteiger partial charge in [-0.3, -0.25) is 9.79 Å². The molecule has 1 aromatic carbocycles. The van der Waals surface area contributed by atoms with Crippen molar-refractivity contribution in [3.05, 3.63) is 59.4 Å². The highest BCUT2D eigenvalue weighted by Gasteiger charge is 2.26. The second-order valence-electron chi connectivity index (χ2n) is 6.99. The third-order valence-corrected chi connectivity index (χ3v) is 5.29. The van der Waals surface area contributed by atoms with Gasteiger partial charge < -0.3 is 10.1 Å². The second kappa shape index (κ2) is 6.20. The van der Waals surface area contributed by atoms with Crippen LogP contribution in [0.1, 0.15) is 23.1 Å². The quantitative estimate of drug-likeness (QED) is 0.832. The molecule has 3 heterocycles. The zero-order chi connectivity index (χ0) is 18.4. The van der Waals surface area contributed by atoms with Gasteiger partial charge >= 0.3 is 0 Å². The first-order valence-corrected chi connectivity index (χ1v) is 9.17. The van der Waals surface area contributed by atoms with E-state index in [1.165, 1.54) is 0 Å². The molecular weight excluding hydrogens is 338 g/mol. The first kappa shape index (κ1) is 16.0. The standard InChI is InChI=1S/C22H19N3O2/c1-13-19(12-25-22-21(13)24-7-8-27-22)14-4-5-15-10-20(26)18(17(15)9-14)11-16-3-2-6-23-16/h2,4-6,9,11-12,24H,3,7-8,10H2,1H3/b18-11-. The Morgan fingerprint density at radius 3 is 3.04 bits per heavy atom. The van der Waals surface area contributed by atoms with E-state index in [1.807, 2.05) is 18.3 Å². The number of pyridine rings is 1. The molecule has 0 saturated carbocycles. The molecule has 0 bridgehead atoms. The third-order valence-electron chi connectivity index (χ3n) is 5.29. The Bertz CT molecular complexity index is 1060. The fourth-order valence-corrected chi connectivity index (χ4v) is 3.87. The number of fused-ring (bicyclic) bond motifs is 2. The van der Waals surface area contributed by atoms with Crippen molar-refractivity contribution in [2.24, 2.45) is 4.99 Å². The molecule has 1 aliphatic carbocycles. The maximum atomic E-state index is 12.5. The van der Waals surface area contributed by atoms with Gasteiger partial charge in [-0.15, -0.1) is 0 Å². The van der Waals surface area contributed by atoms with Gasteiger partial charge in [-0.2, -0.15) is 0 Å². The van der Waals surface area contributed by atoms with E-state index in [-0.39, 0.29) is 5.78 Å². The van der Waals surface area contributed by atoms with Gasteiger partial charge in [0, 0.05) is 48.6 Å². The molecule has 0 amide bonds. The van der Waals surface area contributed by atoms with Crippen molar-refractivity contribution in [2.75, 3.05) is 18.5 Å². The summed E-state index contributed by atoms with van der Waals surface area (Å²) in [7, 11) is 0. The molecule has 5 heteroatoms. The Hall–Kier alpha value is -3.21. The van der Waals surface area contributed by atoms with Crippen molar-refractivity contribution in [1.29, 1.82) is 0 Å². The maximum absolute atomic E-state index is 12.5. The van der Waals surface area contributed by atoms with E-state index in [0.29, 0.717) is 18.9 Å². The SMILES string of the molecule is Cc1c(-c2ccc3c(c2)/C(=C/C2=NC=CC2)C(=O)C3)cnc2c1NCCO2. The van der Waals surface area contributed by atoms with Gasteiger partial charge in [0.25, 0.3) is 0 Å². The number of nitrogens with zero attached hydrogens (tertiary/aromatic N) is 2. The lowest BCUT2D eigenvalue weighted by Crippen LogP contribution is -2.20. The summed E-state index contributed by atoms with van der Waals surface area (Å²) in [5.41, 5.74) is 7.95. The molecule has 2 aliphatic heterocycles. The smallest absolute Gasteiger partial charge is 0.237 e. The molecule has 2 aromatic rings. The van der Waals surface area contributed by atoms with Crippen LogP contribution < -0.4 is 10.1 Å². The number of aromatic nitrogens is 1. The van der Waals surface area contributed by atoms with Gasteiger partial charge in [0.05, 0.1) is 0 Å². The molecule has 134 valence electrons. The predicted octanol–water partition coefficient (Wildman–Crippen LogP) is 3.73. The first-order chi connectivity index (χ1) is 13.2. The average Bonchev–Trinajstić information content (AvgIpc) is 3.31. The number of nitrogens with one attached hydrogen (secondary N) is 1. The molecule has 0 fully saturated rings. The van der Waals surface area contributed by atoms with Crippen molar-refractivity contribution >= 4 is 22.8 Å². The highest BCUT2D eigenvalue weighted by molar-refractivity contribution is 6.29. The third kappa shape index (κ3) is 2.67. The molecule has 5 rings (SSSR count). The number of Topliss-reactive ketones (excluding diaryl/α,β-unsaturated/α-hetero) is 1. The highest BCUT2D eigenvalue weighted by Crippen LogP contribution is 2.38. The van der Waals surface area contributed by atoms with Gasteiger partial charge in [-0.25, -0.2) is 4.98 Å². The van der Waals surface area contributed by atoms with Crippen molar-refractivity contribution in [3.8, 4) is 17.0 Å². The van der Waals surface area contributed by atoms with Crippen molar-refractivity contribution < 1.29 is 9.53 Å². The molecule has 5 nitrogen and oxygen atoms in total. The second-order valence-corrected chi connectivity index (χ2v) is 6.99. The molecular formula is C22H19N3O2. The zero-order valence-corrected chi connectivity index (χ0v) is 15.1. The number of benzene rings is 1. The van der Waals surface area contributed by atoms with Crippen LogP contribution in [0.5, 0.6) is 5.88 Å². The van der Waals surface area contributed by atoms with Gasteiger partial charge in [-0.05, 0) is 41.3 Å². The van der Waals surface area contributed by atoms with Crippen LogP contribution in [0.25, 0.3) is 16.7 Å². The number of ketones is 1. The molecule has 0 unspecified atom stereocenters. The summed E-state index contributed by atoms with van der Waals surface area (Å²) in [6.45, 7) is 3.49. The number of allylic oxidation sites excluding steroid dienone is 3. The lowest BCUT2D eigenvalue weighted by Gasteiger charge is -2.21. The Morgan fingerprint density at radius 1 is 1.26 bits per heavy atom. The molecule has 1 aromatic heterocycles. The van der Waals surface area contributed by atoms with E-state index in [4.69, 9.17) is 4.74 Å². The first-order valence-electron chi connectivity index (χ1n) is 9.17. The van der Waals surface area contributed by atoms with Crippen LogP contribution in [0.4, 0.5) is 5.69 Å². The van der Waals surface area contributed by atoms with Gasteiger partial charge in [-0.1, -0.05) is 18.2 Å². The Morgan fingerprint density at radius 2 is 2.19 bits per heavy atom. The number of ether oxygens (including phenoxy) is 1. The predicted molar refractivity (Wildman–Crippen MR) is 106 cm³/mol. The van der Waals surface area contributed by atoms with Crippen LogP contribution in [0.3, 0.4) is 0 Å². The van der Waals surface area contributed by atoms with Crippen LogP contribution >= 0.6 is 0 Å². The topological polar surface area (TPSA) is 63.6 Å². The lowest BCUT2D eigenvalue weighted by atomic mass is 9.96.